The third-order valence-electron chi connectivity index (χ3n) is 2.34. The first kappa shape index (κ1) is 11.7. The van der Waals surface area contributed by atoms with Crippen LogP contribution < -0.4 is 0 Å². The molecule has 0 bridgehead atoms. The summed E-state index contributed by atoms with van der Waals surface area (Å²) in [7, 11) is 2.05. The molecule has 1 rings (SSSR count). The van der Waals surface area contributed by atoms with Crippen molar-refractivity contribution in [3.63, 3.8) is 0 Å². The molecule has 1 aromatic rings. The first-order valence-corrected chi connectivity index (χ1v) is 5.25. The maximum atomic E-state index is 8.72. The van der Waals surface area contributed by atoms with Crippen LogP contribution in [0, 0.1) is 24.2 Å². The molecule has 0 aliphatic heterocycles. The van der Waals surface area contributed by atoms with Gasteiger partial charge in [0, 0.05) is 13.1 Å². The summed E-state index contributed by atoms with van der Waals surface area (Å²) in [5.74, 6) is 0.0970. The molecule has 0 saturated heterocycles. The average Bonchev–Trinajstić information content (AvgIpc) is 2.17. The Morgan fingerprint density at radius 1 is 1.47 bits per heavy atom. The van der Waals surface area contributed by atoms with Crippen LogP contribution in [-0.4, -0.2) is 18.5 Å². The molecule has 0 amide bonds. The van der Waals surface area contributed by atoms with Gasteiger partial charge in [-0.15, -0.1) is 0 Å². The van der Waals surface area contributed by atoms with E-state index in [1.54, 1.807) is 0 Å². The molecule has 1 unspecified atom stereocenters. The molecule has 0 fully saturated rings. The molecule has 2 nitrogen and oxygen atoms in total. The van der Waals surface area contributed by atoms with E-state index in [0.29, 0.717) is 0 Å². The quantitative estimate of drug-likeness (QED) is 0.750. The molecule has 0 aliphatic carbocycles. The zero-order valence-corrected chi connectivity index (χ0v) is 9.70. The Labute approximate surface area is 92.1 Å². The number of rotatable bonds is 4. The number of nitrogens with zero attached hydrogens (tertiary/aromatic N) is 2. The van der Waals surface area contributed by atoms with Gasteiger partial charge in [-0.3, -0.25) is 0 Å². The fraction of sp³-hybridized carbons (Fsp3) is 0.462. The molecule has 0 radical (unpaired) electrons. The summed E-state index contributed by atoms with van der Waals surface area (Å²) in [6, 6.07) is 10.7. The first-order valence-electron chi connectivity index (χ1n) is 5.25. The highest BCUT2D eigenvalue weighted by Gasteiger charge is 2.05. The zero-order chi connectivity index (χ0) is 11.3. The minimum absolute atomic E-state index is 0.0970. The Bertz CT molecular complexity index is 352. The van der Waals surface area contributed by atoms with Crippen LogP contribution in [-0.2, 0) is 6.54 Å². The standard InChI is InChI=1S/C13H18N2/c1-11-5-4-6-13(7-11)10-15(3)9-12(2)8-14/h4-7,12H,9-10H2,1-3H3. The molecule has 1 atom stereocenters. The van der Waals surface area contributed by atoms with Gasteiger partial charge in [-0.25, -0.2) is 0 Å². The van der Waals surface area contributed by atoms with E-state index in [-0.39, 0.29) is 5.92 Å². The van der Waals surface area contributed by atoms with Crippen LogP contribution in [0.5, 0.6) is 0 Å². The predicted octanol–water partition coefficient (Wildman–Crippen LogP) is 2.59. The smallest absolute Gasteiger partial charge is 0.0666 e. The van der Waals surface area contributed by atoms with E-state index >= 15 is 0 Å². The Balaban J connectivity index is 2.52. The van der Waals surface area contributed by atoms with Gasteiger partial charge >= 0.3 is 0 Å². The monoisotopic (exact) mass is 202 g/mol. The summed E-state index contributed by atoms with van der Waals surface area (Å²) in [6.45, 7) is 5.78. The van der Waals surface area contributed by atoms with Crippen LogP contribution >= 0.6 is 0 Å². The molecule has 0 aromatic heterocycles. The number of aryl methyl sites for hydroxylation is 1. The fourth-order valence-electron chi connectivity index (χ4n) is 1.70. The van der Waals surface area contributed by atoms with Crippen LogP contribution in [0.2, 0.25) is 0 Å². The average molecular weight is 202 g/mol. The predicted molar refractivity (Wildman–Crippen MR) is 62.3 cm³/mol. The van der Waals surface area contributed by atoms with Gasteiger partial charge in [0.15, 0.2) is 0 Å². The van der Waals surface area contributed by atoms with Gasteiger partial charge in [-0.05, 0) is 26.5 Å². The van der Waals surface area contributed by atoms with Crippen LogP contribution in [0.25, 0.3) is 0 Å². The normalized spacial score (nSPS) is 12.5. The second-order valence-corrected chi connectivity index (χ2v) is 4.22. The molecule has 0 saturated carbocycles. The summed E-state index contributed by atoms with van der Waals surface area (Å²) >= 11 is 0. The van der Waals surface area contributed by atoms with Gasteiger partial charge in [-0.1, -0.05) is 29.8 Å². The van der Waals surface area contributed by atoms with Crippen molar-refractivity contribution in [1.29, 1.82) is 5.26 Å². The number of hydrogen-bond acceptors (Lipinski definition) is 2. The molecule has 0 spiro atoms. The molecule has 15 heavy (non-hydrogen) atoms. The van der Waals surface area contributed by atoms with Crippen molar-refractivity contribution >= 4 is 0 Å². The molecule has 1 aromatic carbocycles. The van der Waals surface area contributed by atoms with E-state index in [2.05, 4.69) is 49.2 Å². The minimum Gasteiger partial charge on any atom is -0.301 e. The molecule has 2 heteroatoms. The summed E-state index contributed by atoms with van der Waals surface area (Å²) in [4.78, 5) is 2.18. The maximum Gasteiger partial charge on any atom is 0.0666 e. The highest BCUT2D eigenvalue weighted by molar-refractivity contribution is 5.21. The molecule has 0 N–H and O–H groups in total. The van der Waals surface area contributed by atoms with Crippen molar-refractivity contribution in [2.75, 3.05) is 13.6 Å². The van der Waals surface area contributed by atoms with E-state index in [1.807, 2.05) is 6.92 Å². The molecular formula is C13H18N2. The van der Waals surface area contributed by atoms with Gasteiger partial charge in [0.05, 0.1) is 12.0 Å². The third kappa shape index (κ3) is 4.14. The summed E-state index contributed by atoms with van der Waals surface area (Å²) < 4.78 is 0. The van der Waals surface area contributed by atoms with E-state index in [4.69, 9.17) is 5.26 Å². The lowest BCUT2D eigenvalue weighted by Gasteiger charge is -2.17. The highest BCUT2D eigenvalue weighted by atomic mass is 15.1. The van der Waals surface area contributed by atoms with E-state index < -0.39 is 0 Å². The summed E-state index contributed by atoms with van der Waals surface area (Å²) in [6.07, 6.45) is 0. The van der Waals surface area contributed by atoms with Crippen LogP contribution in [0.4, 0.5) is 0 Å². The summed E-state index contributed by atoms with van der Waals surface area (Å²) in [5.41, 5.74) is 2.59. The van der Waals surface area contributed by atoms with Crippen LogP contribution in [0.3, 0.4) is 0 Å². The number of hydrogen-bond donors (Lipinski definition) is 0. The maximum absolute atomic E-state index is 8.72. The molecule has 0 heterocycles. The highest BCUT2D eigenvalue weighted by Crippen LogP contribution is 2.07. The van der Waals surface area contributed by atoms with Crippen LogP contribution in [0.1, 0.15) is 18.1 Å². The second-order valence-electron chi connectivity index (χ2n) is 4.22. The molecular weight excluding hydrogens is 184 g/mol. The van der Waals surface area contributed by atoms with Gasteiger partial charge in [0.2, 0.25) is 0 Å². The van der Waals surface area contributed by atoms with Crippen molar-refractivity contribution in [3.8, 4) is 6.07 Å². The molecule has 80 valence electrons. The minimum atomic E-state index is 0.0970. The first-order chi connectivity index (χ1) is 7.11. The lowest BCUT2D eigenvalue weighted by atomic mass is 10.1. The van der Waals surface area contributed by atoms with E-state index in [9.17, 15) is 0 Å². The SMILES string of the molecule is Cc1cccc(CN(C)CC(C)C#N)c1. The van der Waals surface area contributed by atoms with Gasteiger partial charge in [-0.2, -0.15) is 5.26 Å². The van der Waals surface area contributed by atoms with Crippen LogP contribution in [0.15, 0.2) is 24.3 Å². The lowest BCUT2D eigenvalue weighted by molar-refractivity contribution is 0.303. The Hall–Kier alpha value is -1.33. The van der Waals surface area contributed by atoms with Crippen molar-refractivity contribution in [3.05, 3.63) is 35.4 Å². The van der Waals surface area contributed by atoms with Crippen molar-refractivity contribution in [2.45, 2.75) is 20.4 Å². The number of benzene rings is 1. The van der Waals surface area contributed by atoms with Crippen molar-refractivity contribution in [1.82, 2.24) is 4.90 Å². The second kappa shape index (κ2) is 5.53. The Morgan fingerprint density at radius 3 is 2.80 bits per heavy atom. The summed E-state index contributed by atoms with van der Waals surface area (Å²) in [5, 5.41) is 8.72. The Kier molecular flexibility index (Phi) is 4.33. The van der Waals surface area contributed by atoms with Crippen molar-refractivity contribution in [2.24, 2.45) is 5.92 Å². The van der Waals surface area contributed by atoms with Gasteiger partial charge in [0.1, 0.15) is 0 Å². The van der Waals surface area contributed by atoms with E-state index in [1.165, 1.54) is 11.1 Å². The Morgan fingerprint density at radius 2 is 2.20 bits per heavy atom. The van der Waals surface area contributed by atoms with Gasteiger partial charge in [0.25, 0.3) is 0 Å². The lowest BCUT2D eigenvalue weighted by Crippen LogP contribution is -2.23. The third-order valence-corrected chi connectivity index (χ3v) is 2.34. The fourth-order valence-corrected chi connectivity index (χ4v) is 1.70. The topological polar surface area (TPSA) is 27.0 Å². The molecule has 0 aliphatic rings. The number of nitriles is 1. The zero-order valence-electron chi connectivity index (χ0n) is 9.70. The van der Waals surface area contributed by atoms with Gasteiger partial charge < -0.3 is 4.90 Å². The van der Waals surface area contributed by atoms with E-state index in [0.717, 1.165) is 13.1 Å². The largest absolute Gasteiger partial charge is 0.301 e. The van der Waals surface area contributed by atoms with Crippen molar-refractivity contribution < 1.29 is 0 Å².